The van der Waals surface area contributed by atoms with Crippen molar-refractivity contribution in [3.63, 3.8) is 0 Å². The van der Waals surface area contributed by atoms with Crippen LogP contribution in [0.15, 0.2) is 53.1 Å². The lowest BCUT2D eigenvalue weighted by Gasteiger charge is -2.10. The molecule has 4 aromatic rings. The number of carbonyl (C=O) groups is 1. The number of aromatic nitrogens is 3. The average Bonchev–Trinajstić information content (AvgIpc) is 3.24. The van der Waals surface area contributed by atoms with Crippen LogP contribution in [0.5, 0.6) is 0 Å². The summed E-state index contributed by atoms with van der Waals surface area (Å²) in [7, 11) is 0. The van der Waals surface area contributed by atoms with Gasteiger partial charge in [0, 0.05) is 29.9 Å². The van der Waals surface area contributed by atoms with Crippen LogP contribution in [0.25, 0.3) is 22.4 Å². The fourth-order valence-corrected chi connectivity index (χ4v) is 3.17. The molecule has 0 fully saturated rings. The van der Waals surface area contributed by atoms with Crippen LogP contribution >= 0.6 is 0 Å². The molecule has 0 spiro atoms. The van der Waals surface area contributed by atoms with Crippen molar-refractivity contribution in [3.8, 4) is 11.5 Å². The Bertz CT molecular complexity index is 1140. The lowest BCUT2D eigenvalue weighted by molar-refractivity contribution is -0.116. The molecule has 0 atom stereocenters. The van der Waals surface area contributed by atoms with Crippen LogP contribution in [-0.2, 0) is 11.3 Å². The second-order valence-electron chi connectivity index (χ2n) is 6.71. The monoisotopic (exact) mass is 360 g/mol. The Morgan fingerprint density at radius 2 is 1.93 bits per heavy atom. The fraction of sp³-hybridized carbons (Fsp3) is 0.190. The average molecular weight is 360 g/mol. The van der Waals surface area contributed by atoms with Crippen LogP contribution in [0.1, 0.15) is 17.0 Å². The quantitative estimate of drug-likeness (QED) is 0.590. The molecule has 0 aliphatic rings. The molecule has 6 heteroatoms. The third kappa shape index (κ3) is 3.46. The maximum Gasteiger partial charge on any atom is 0.247 e. The molecule has 2 aromatic heterocycles. The first kappa shape index (κ1) is 17.0. The van der Waals surface area contributed by atoms with Crippen molar-refractivity contribution in [2.75, 3.05) is 5.32 Å². The smallest absolute Gasteiger partial charge is 0.247 e. The van der Waals surface area contributed by atoms with Gasteiger partial charge in [0.2, 0.25) is 17.7 Å². The lowest BCUT2D eigenvalue weighted by atomic mass is 10.1. The van der Waals surface area contributed by atoms with Gasteiger partial charge in [0.1, 0.15) is 6.54 Å². The van der Waals surface area contributed by atoms with E-state index in [1.165, 1.54) is 5.56 Å². The Balaban J connectivity index is 1.58. The Labute approximate surface area is 156 Å². The Hall–Kier alpha value is -3.41. The van der Waals surface area contributed by atoms with Gasteiger partial charge in [0.15, 0.2) is 0 Å². The molecule has 4 rings (SSSR count). The number of fused-ring (bicyclic) bond motifs is 1. The summed E-state index contributed by atoms with van der Waals surface area (Å²) >= 11 is 0. The van der Waals surface area contributed by atoms with Crippen molar-refractivity contribution in [2.45, 2.75) is 27.3 Å². The van der Waals surface area contributed by atoms with Gasteiger partial charge in [-0.2, -0.15) is 0 Å². The summed E-state index contributed by atoms with van der Waals surface area (Å²) in [6.45, 7) is 6.01. The highest BCUT2D eigenvalue weighted by Gasteiger charge is 2.11. The maximum absolute atomic E-state index is 12.5. The molecule has 1 amide bonds. The number of hydrogen-bond acceptors (Lipinski definition) is 4. The van der Waals surface area contributed by atoms with Crippen LogP contribution in [0.2, 0.25) is 0 Å². The molecule has 136 valence electrons. The van der Waals surface area contributed by atoms with Gasteiger partial charge in [-0.05, 0) is 49.1 Å². The van der Waals surface area contributed by atoms with Crippen LogP contribution in [-0.4, -0.2) is 20.7 Å². The molecule has 0 radical (unpaired) electrons. The molecule has 27 heavy (non-hydrogen) atoms. The van der Waals surface area contributed by atoms with E-state index in [2.05, 4.69) is 21.6 Å². The topological polar surface area (TPSA) is 73.0 Å². The van der Waals surface area contributed by atoms with Gasteiger partial charge >= 0.3 is 0 Å². The summed E-state index contributed by atoms with van der Waals surface area (Å²) in [5, 5.41) is 12.0. The van der Waals surface area contributed by atoms with Gasteiger partial charge in [-0.15, -0.1) is 10.2 Å². The zero-order valence-corrected chi connectivity index (χ0v) is 15.5. The number of benzene rings is 2. The van der Waals surface area contributed by atoms with Crippen molar-refractivity contribution >= 4 is 22.5 Å². The van der Waals surface area contributed by atoms with E-state index in [4.69, 9.17) is 4.42 Å². The summed E-state index contributed by atoms with van der Waals surface area (Å²) in [5.74, 6) is 0.925. The van der Waals surface area contributed by atoms with E-state index in [-0.39, 0.29) is 12.5 Å². The molecule has 2 aromatic carbocycles. The molecular formula is C21H20N4O2. The number of carbonyl (C=O) groups excluding carboxylic acids is 1. The summed E-state index contributed by atoms with van der Waals surface area (Å²) in [4.78, 5) is 12.5. The van der Waals surface area contributed by atoms with Crippen LogP contribution in [0.4, 0.5) is 5.69 Å². The Morgan fingerprint density at radius 1 is 1.07 bits per heavy atom. The highest BCUT2D eigenvalue weighted by atomic mass is 16.4. The molecule has 0 saturated heterocycles. The number of amides is 1. The van der Waals surface area contributed by atoms with E-state index in [9.17, 15) is 4.79 Å². The first-order chi connectivity index (χ1) is 13.0. The van der Waals surface area contributed by atoms with Gasteiger partial charge in [-0.25, -0.2) is 0 Å². The summed E-state index contributed by atoms with van der Waals surface area (Å²) in [6.07, 6.45) is 1.91. The largest absolute Gasteiger partial charge is 0.421 e. The molecule has 1 N–H and O–H groups in total. The highest BCUT2D eigenvalue weighted by molar-refractivity contribution is 5.93. The number of nitrogens with one attached hydrogen (secondary N) is 1. The van der Waals surface area contributed by atoms with Gasteiger partial charge in [0.25, 0.3) is 0 Å². The Morgan fingerprint density at radius 3 is 2.67 bits per heavy atom. The minimum atomic E-state index is -0.0708. The third-order valence-electron chi connectivity index (χ3n) is 4.52. The SMILES string of the molecule is Cc1ccc(NC(=O)Cn2ccc3ccc(-c4nnc(C)o4)cc32)c(C)c1. The second kappa shape index (κ2) is 6.72. The summed E-state index contributed by atoms with van der Waals surface area (Å²) in [6, 6.07) is 13.9. The third-order valence-corrected chi connectivity index (χ3v) is 4.52. The standard InChI is InChI=1S/C21H20N4O2/c1-13-4-7-18(14(2)10-13)22-20(26)12-25-9-8-16-5-6-17(11-19(16)25)21-24-23-15(3)27-21/h4-11H,12H2,1-3H3,(H,22,26). The second-order valence-corrected chi connectivity index (χ2v) is 6.71. The van der Waals surface area contributed by atoms with Crippen LogP contribution in [0, 0.1) is 20.8 Å². The molecule has 0 saturated carbocycles. The minimum Gasteiger partial charge on any atom is -0.421 e. The van der Waals surface area contributed by atoms with Crippen molar-refractivity contribution < 1.29 is 9.21 Å². The number of aryl methyl sites for hydroxylation is 3. The zero-order chi connectivity index (χ0) is 19.0. The van der Waals surface area contributed by atoms with Crippen molar-refractivity contribution in [2.24, 2.45) is 0 Å². The van der Waals surface area contributed by atoms with E-state index in [1.807, 2.05) is 61.0 Å². The van der Waals surface area contributed by atoms with Crippen molar-refractivity contribution in [1.29, 1.82) is 0 Å². The molecular weight excluding hydrogens is 340 g/mol. The van der Waals surface area contributed by atoms with Gasteiger partial charge in [0.05, 0.1) is 0 Å². The minimum absolute atomic E-state index is 0.0708. The number of rotatable bonds is 4. The summed E-state index contributed by atoms with van der Waals surface area (Å²) in [5.41, 5.74) is 4.83. The first-order valence-corrected chi connectivity index (χ1v) is 8.76. The molecule has 0 unspecified atom stereocenters. The molecule has 0 bridgehead atoms. The van der Waals surface area contributed by atoms with Gasteiger partial charge < -0.3 is 14.3 Å². The van der Waals surface area contributed by atoms with E-state index >= 15 is 0 Å². The molecule has 6 nitrogen and oxygen atoms in total. The fourth-order valence-electron chi connectivity index (χ4n) is 3.17. The zero-order valence-electron chi connectivity index (χ0n) is 15.5. The number of hydrogen-bond donors (Lipinski definition) is 1. The van der Waals surface area contributed by atoms with Crippen LogP contribution in [0.3, 0.4) is 0 Å². The predicted octanol–water partition coefficient (Wildman–Crippen LogP) is 4.26. The Kier molecular flexibility index (Phi) is 4.24. The van der Waals surface area contributed by atoms with Crippen molar-refractivity contribution in [3.05, 3.63) is 65.7 Å². The predicted molar refractivity (Wildman–Crippen MR) is 105 cm³/mol. The highest BCUT2D eigenvalue weighted by Crippen LogP contribution is 2.24. The summed E-state index contributed by atoms with van der Waals surface area (Å²) < 4.78 is 7.42. The molecule has 0 aliphatic heterocycles. The lowest BCUT2D eigenvalue weighted by Crippen LogP contribution is -2.18. The van der Waals surface area contributed by atoms with Crippen LogP contribution < -0.4 is 5.32 Å². The normalized spacial score (nSPS) is 11.1. The van der Waals surface area contributed by atoms with Gasteiger partial charge in [-0.1, -0.05) is 23.8 Å². The maximum atomic E-state index is 12.5. The number of anilines is 1. The molecule has 2 heterocycles. The molecule has 0 aliphatic carbocycles. The van der Waals surface area contributed by atoms with E-state index in [0.29, 0.717) is 11.8 Å². The van der Waals surface area contributed by atoms with Crippen molar-refractivity contribution in [1.82, 2.24) is 14.8 Å². The number of nitrogens with zero attached hydrogens (tertiary/aromatic N) is 3. The first-order valence-electron chi connectivity index (χ1n) is 8.76. The van der Waals surface area contributed by atoms with Gasteiger partial charge in [-0.3, -0.25) is 4.79 Å². The van der Waals surface area contributed by atoms with E-state index in [1.54, 1.807) is 6.92 Å². The van der Waals surface area contributed by atoms with E-state index in [0.717, 1.165) is 27.7 Å². The van der Waals surface area contributed by atoms with E-state index < -0.39 is 0 Å².